The quantitative estimate of drug-likeness (QED) is 0.490. The fraction of sp³-hybridized carbons (Fsp3) is 0.0800. The van der Waals surface area contributed by atoms with Crippen molar-refractivity contribution in [3.63, 3.8) is 0 Å². The third kappa shape index (κ3) is 5.88. The van der Waals surface area contributed by atoms with Crippen LogP contribution >= 0.6 is 23.4 Å². The van der Waals surface area contributed by atoms with Crippen LogP contribution in [-0.4, -0.2) is 22.7 Å². The van der Waals surface area contributed by atoms with Crippen molar-refractivity contribution in [2.45, 2.75) is 6.54 Å². The first-order valence-corrected chi connectivity index (χ1v) is 11.5. The lowest BCUT2D eigenvalue weighted by molar-refractivity contribution is -0.118. The lowest BCUT2D eigenvalue weighted by atomic mass is 10.2. The smallest absolute Gasteiger partial charge is 0.283 e. The van der Waals surface area contributed by atoms with Gasteiger partial charge >= 0.3 is 0 Å². The second kappa shape index (κ2) is 10.5. The summed E-state index contributed by atoms with van der Waals surface area (Å²) in [6, 6.07) is 22.1. The second-order valence-corrected chi connectivity index (χ2v) is 8.52. The van der Waals surface area contributed by atoms with Crippen LogP contribution < -0.4 is 10.2 Å². The molecule has 0 fully saturated rings. The van der Waals surface area contributed by atoms with Gasteiger partial charge in [0.25, 0.3) is 5.91 Å². The van der Waals surface area contributed by atoms with Gasteiger partial charge in [-0.05, 0) is 53.6 Å². The molecule has 166 valence electrons. The largest absolute Gasteiger partial charge is 0.351 e. The Morgan fingerprint density at radius 1 is 1.03 bits per heavy atom. The Labute approximate surface area is 200 Å². The Balaban J connectivity index is 1.49. The van der Waals surface area contributed by atoms with Crippen LogP contribution in [0.5, 0.6) is 0 Å². The van der Waals surface area contributed by atoms with Gasteiger partial charge in [0.05, 0.1) is 11.4 Å². The molecule has 0 aliphatic carbocycles. The van der Waals surface area contributed by atoms with Crippen LogP contribution in [0.4, 0.5) is 10.1 Å². The number of aliphatic imine (C=N–C) groups is 1. The average Bonchev–Trinajstić information content (AvgIpc) is 3.13. The van der Waals surface area contributed by atoms with Gasteiger partial charge in [0, 0.05) is 11.6 Å². The van der Waals surface area contributed by atoms with Gasteiger partial charge in [0.2, 0.25) is 5.91 Å². The van der Waals surface area contributed by atoms with E-state index in [0.29, 0.717) is 22.4 Å². The van der Waals surface area contributed by atoms with E-state index < -0.39 is 5.82 Å². The molecule has 33 heavy (non-hydrogen) atoms. The van der Waals surface area contributed by atoms with Gasteiger partial charge in [-0.25, -0.2) is 9.38 Å². The SMILES string of the molecule is O=C(CSC1=NC(=Cc2ccccc2)C(=O)N1c1ccc(F)cc1)NCc1ccc(Cl)cc1. The number of anilines is 1. The number of hydrogen-bond acceptors (Lipinski definition) is 4. The third-order valence-electron chi connectivity index (χ3n) is 4.75. The van der Waals surface area contributed by atoms with Crippen LogP contribution in [0.15, 0.2) is 89.6 Å². The third-order valence-corrected chi connectivity index (χ3v) is 5.94. The van der Waals surface area contributed by atoms with Gasteiger partial charge in [-0.1, -0.05) is 65.8 Å². The molecule has 0 radical (unpaired) electrons. The maximum Gasteiger partial charge on any atom is 0.283 e. The summed E-state index contributed by atoms with van der Waals surface area (Å²) < 4.78 is 13.4. The molecule has 1 N–H and O–H groups in total. The molecule has 0 spiro atoms. The minimum atomic E-state index is -0.404. The van der Waals surface area contributed by atoms with Crippen LogP contribution in [0.2, 0.25) is 5.02 Å². The van der Waals surface area contributed by atoms with Crippen LogP contribution in [0.25, 0.3) is 6.08 Å². The Morgan fingerprint density at radius 3 is 2.42 bits per heavy atom. The fourth-order valence-electron chi connectivity index (χ4n) is 3.10. The normalized spacial score (nSPS) is 14.5. The van der Waals surface area contributed by atoms with Gasteiger partial charge in [-0.2, -0.15) is 0 Å². The van der Waals surface area contributed by atoms with Crippen LogP contribution in [0, 0.1) is 5.82 Å². The molecular weight excluding hydrogens is 461 g/mol. The maximum absolute atomic E-state index is 13.4. The van der Waals surface area contributed by atoms with Gasteiger partial charge in [-0.15, -0.1) is 0 Å². The molecule has 0 atom stereocenters. The summed E-state index contributed by atoms with van der Waals surface area (Å²) in [6.07, 6.45) is 1.69. The summed E-state index contributed by atoms with van der Waals surface area (Å²) in [4.78, 5) is 31.4. The van der Waals surface area contributed by atoms with E-state index in [1.807, 2.05) is 42.5 Å². The van der Waals surface area contributed by atoms with E-state index in [4.69, 9.17) is 11.6 Å². The molecule has 0 saturated carbocycles. The first kappa shape index (κ1) is 22.8. The summed E-state index contributed by atoms with van der Waals surface area (Å²) in [5.41, 5.74) is 2.48. The van der Waals surface area contributed by atoms with Crippen molar-refractivity contribution in [3.05, 3.63) is 107 Å². The summed E-state index contributed by atoms with van der Waals surface area (Å²) >= 11 is 7.03. The molecule has 4 rings (SSSR count). The van der Waals surface area contributed by atoms with Crippen molar-refractivity contribution in [1.29, 1.82) is 0 Å². The maximum atomic E-state index is 13.4. The van der Waals surface area contributed by atoms with E-state index in [-0.39, 0.29) is 23.3 Å². The number of benzene rings is 3. The first-order chi connectivity index (χ1) is 16.0. The van der Waals surface area contributed by atoms with Crippen LogP contribution in [0.1, 0.15) is 11.1 Å². The molecule has 0 saturated heterocycles. The van der Waals surface area contributed by atoms with Crippen molar-refractivity contribution < 1.29 is 14.0 Å². The molecule has 0 aromatic heterocycles. The summed E-state index contributed by atoms with van der Waals surface area (Å²) in [5.74, 6) is -0.881. The average molecular weight is 480 g/mol. The molecular formula is C25H19ClFN3O2S. The predicted octanol–water partition coefficient (Wildman–Crippen LogP) is 5.27. The highest BCUT2D eigenvalue weighted by molar-refractivity contribution is 8.14. The molecule has 1 heterocycles. The van der Waals surface area contributed by atoms with E-state index >= 15 is 0 Å². The fourth-order valence-corrected chi connectivity index (χ4v) is 4.07. The number of hydrogen-bond donors (Lipinski definition) is 1. The number of rotatable bonds is 6. The lowest BCUT2D eigenvalue weighted by Gasteiger charge is -2.17. The molecule has 1 aliphatic rings. The number of halogens is 2. The highest BCUT2D eigenvalue weighted by atomic mass is 35.5. The summed E-state index contributed by atoms with van der Waals surface area (Å²) in [6.45, 7) is 0.364. The predicted molar refractivity (Wildman–Crippen MR) is 131 cm³/mol. The standard InChI is InChI=1S/C25H19ClFN3O2S/c26-19-8-6-18(7-9-19)15-28-23(31)16-33-25-29-22(14-17-4-2-1-3-5-17)24(32)30(25)21-12-10-20(27)11-13-21/h1-14H,15-16H2,(H,28,31). The second-order valence-electron chi connectivity index (χ2n) is 7.14. The van der Waals surface area contributed by atoms with Gasteiger partial charge in [-0.3, -0.25) is 14.5 Å². The number of amides is 2. The monoisotopic (exact) mass is 479 g/mol. The zero-order valence-corrected chi connectivity index (χ0v) is 18.9. The van der Waals surface area contributed by atoms with Crippen molar-refractivity contribution >= 4 is 52.1 Å². The molecule has 1 aliphatic heterocycles. The number of amidine groups is 1. The summed E-state index contributed by atoms with van der Waals surface area (Å²) in [5, 5.41) is 3.83. The van der Waals surface area contributed by atoms with Gasteiger partial charge in [0.15, 0.2) is 5.17 Å². The van der Waals surface area contributed by atoms with Gasteiger partial charge < -0.3 is 5.32 Å². The number of carbonyl (C=O) groups excluding carboxylic acids is 2. The molecule has 0 unspecified atom stereocenters. The molecule has 2 amide bonds. The highest BCUT2D eigenvalue weighted by Gasteiger charge is 2.32. The van der Waals surface area contributed by atoms with E-state index in [1.165, 1.54) is 29.2 Å². The molecule has 3 aromatic carbocycles. The van der Waals surface area contributed by atoms with E-state index in [9.17, 15) is 14.0 Å². The number of thioether (sulfide) groups is 1. The minimum Gasteiger partial charge on any atom is -0.351 e. The Bertz CT molecular complexity index is 1210. The van der Waals surface area contributed by atoms with E-state index in [0.717, 1.165) is 22.9 Å². The summed E-state index contributed by atoms with van der Waals surface area (Å²) in [7, 11) is 0. The molecule has 3 aromatic rings. The zero-order valence-electron chi connectivity index (χ0n) is 17.4. The molecule has 8 heteroatoms. The Kier molecular flexibility index (Phi) is 7.22. The lowest BCUT2D eigenvalue weighted by Crippen LogP contribution is -2.32. The van der Waals surface area contributed by atoms with Crippen molar-refractivity contribution in [1.82, 2.24) is 5.32 Å². The number of nitrogens with zero attached hydrogens (tertiary/aromatic N) is 2. The van der Waals surface area contributed by atoms with Gasteiger partial charge in [0.1, 0.15) is 11.5 Å². The topological polar surface area (TPSA) is 61.8 Å². The minimum absolute atomic E-state index is 0.0655. The zero-order chi connectivity index (χ0) is 23.2. The highest BCUT2D eigenvalue weighted by Crippen LogP contribution is 2.29. The van der Waals surface area contributed by atoms with Crippen molar-refractivity contribution in [2.75, 3.05) is 10.7 Å². The Hall–Kier alpha value is -3.42. The first-order valence-electron chi connectivity index (χ1n) is 10.1. The van der Waals surface area contributed by atoms with Crippen molar-refractivity contribution in [2.24, 2.45) is 4.99 Å². The van der Waals surface area contributed by atoms with E-state index in [2.05, 4.69) is 10.3 Å². The van der Waals surface area contributed by atoms with Crippen LogP contribution in [0.3, 0.4) is 0 Å². The Morgan fingerprint density at radius 2 is 1.73 bits per heavy atom. The molecule has 5 nitrogen and oxygen atoms in total. The molecule has 0 bridgehead atoms. The van der Waals surface area contributed by atoms with E-state index in [1.54, 1.807) is 18.2 Å². The number of nitrogens with one attached hydrogen (secondary N) is 1. The van der Waals surface area contributed by atoms with Crippen molar-refractivity contribution in [3.8, 4) is 0 Å². The number of carbonyl (C=O) groups is 2. The van der Waals surface area contributed by atoms with Crippen LogP contribution in [-0.2, 0) is 16.1 Å².